The standard InChI is InChI=1S/C13H12O/c14-13(8-4-5-11-9-10-11)12-6-2-1-3-7-12/h1-3,6-7,11H,8-10H2. The zero-order chi connectivity index (χ0) is 9.80. The summed E-state index contributed by atoms with van der Waals surface area (Å²) >= 11 is 0. The van der Waals surface area contributed by atoms with E-state index in [1.807, 2.05) is 30.3 Å². The molecule has 0 heterocycles. The molecule has 0 unspecified atom stereocenters. The van der Waals surface area contributed by atoms with Crippen LogP contribution in [-0.2, 0) is 0 Å². The van der Waals surface area contributed by atoms with Crippen molar-refractivity contribution in [3.8, 4) is 11.8 Å². The summed E-state index contributed by atoms with van der Waals surface area (Å²) in [6, 6.07) is 9.33. The molecule has 0 aromatic heterocycles. The SMILES string of the molecule is O=C(CC#CC1CC1)c1ccccc1. The molecule has 0 amide bonds. The Bertz CT molecular complexity index is 377. The summed E-state index contributed by atoms with van der Waals surface area (Å²) in [6.07, 6.45) is 2.79. The monoisotopic (exact) mass is 184 g/mol. The number of carbonyl (C=O) groups excluding carboxylic acids is 1. The normalized spacial score (nSPS) is 14.3. The molecule has 1 aliphatic rings. The molecule has 1 aromatic carbocycles. The third kappa shape index (κ3) is 2.47. The van der Waals surface area contributed by atoms with Gasteiger partial charge < -0.3 is 0 Å². The van der Waals surface area contributed by atoms with Gasteiger partial charge in [-0.3, -0.25) is 4.79 Å². The van der Waals surface area contributed by atoms with Gasteiger partial charge in [-0.2, -0.15) is 0 Å². The fraction of sp³-hybridized carbons (Fsp3) is 0.308. The van der Waals surface area contributed by atoms with Gasteiger partial charge in [0, 0.05) is 11.5 Å². The van der Waals surface area contributed by atoms with Crippen molar-refractivity contribution in [3.63, 3.8) is 0 Å². The van der Waals surface area contributed by atoms with Crippen molar-refractivity contribution in [1.29, 1.82) is 0 Å². The van der Waals surface area contributed by atoms with Crippen LogP contribution in [-0.4, -0.2) is 5.78 Å². The molecule has 0 radical (unpaired) electrons. The summed E-state index contributed by atoms with van der Waals surface area (Å²) in [4.78, 5) is 11.5. The average molecular weight is 184 g/mol. The van der Waals surface area contributed by atoms with Crippen LogP contribution in [0.25, 0.3) is 0 Å². The predicted molar refractivity (Wildman–Crippen MR) is 55.9 cm³/mol. The van der Waals surface area contributed by atoms with Crippen molar-refractivity contribution in [2.24, 2.45) is 5.92 Å². The molecule has 1 heteroatoms. The van der Waals surface area contributed by atoms with Gasteiger partial charge in [0.15, 0.2) is 5.78 Å². The Kier molecular flexibility index (Phi) is 2.65. The summed E-state index contributed by atoms with van der Waals surface area (Å²) in [7, 11) is 0. The number of hydrogen-bond acceptors (Lipinski definition) is 1. The molecule has 2 rings (SSSR count). The lowest BCUT2D eigenvalue weighted by Gasteiger charge is -1.93. The van der Waals surface area contributed by atoms with Crippen LogP contribution in [0.15, 0.2) is 30.3 Å². The molecule has 1 nitrogen and oxygen atoms in total. The van der Waals surface area contributed by atoms with E-state index >= 15 is 0 Å². The van der Waals surface area contributed by atoms with Gasteiger partial charge in [0.25, 0.3) is 0 Å². The van der Waals surface area contributed by atoms with Crippen LogP contribution in [0.2, 0.25) is 0 Å². The molecule has 1 aromatic rings. The Morgan fingerprint density at radius 1 is 1.29 bits per heavy atom. The Hall–Kier alpha value is -1.55. The number of hydrogen-bond donors (Lipinski definition) is 0. The summed E-state index contributed by atoms with van der Waals surface area (Å²) in [6.45, 7) is 0. The maximum Gasteiger partial charge on any atom is 0.174 e. The number of ketones is 1. The van der Waals surface area contributed by atoms with Crippen LogP contribution >= 0.6 is 0 Å². The lowest BCUT2D eigenvalue weighted by molar-refractivity contribution is 0.0998. The van der Waals surface area contributed by atoms with Crippen molar-refractivity contribution in [2.45, 2.75) is 19.3 Å². The molecular weight excluding hydrogens is 172 g/mol. The number of carbonyl (C=O) groups is 1. The highest BCUT2D eigenvalue weighted by Gasteiger charge is 2.17. The topological polar surface area (TPSA) is 17.1 Å². The molecule has 0 saturated heterocycles. The summed E-state index contributed by atoms with van der Waals surface area (Å²) in [5, 5.41) is 0. The summed E-state index contributed by atoms with van der Waals surface area (Å²) < 4.78 is 0. The highest BCUT2D eigenvalue weighted by Crippen LogP contribution is 2.27. The van der Waals surface area contributed by atoms with Crippen LogP contribution in [0, 0.1) is 17.8 Å². The highest BCUT2D eigenvalue weighted by atomic mass is 16.1. The first-order chi connectivity index (χ1) is 6.86. The Labute approximate surface area is 84.1 Å². The van der Waals surface area contributed by atoms with E-state index in [1.165, 1.54) is 12.8 Å². The van der Waals surface area contributed by atoms with Crippen LogP contribution in [0.4, 0.5) is 0 Å². The van der Waals surface area contributed by atoms with E-state index in [0.29, 0.717) is 12.3 Å². The smallest absolute Gasteiger partial charge is 0.174 e. The Morgan fingerprint density at radius 2 is 2.00 bits per heavy atom. The minimum absolute atomic E-state index is 0.124. The van der Waals surface area contributed by atoms with E-state index in [-0.39, 0.29) is 5.78 Å². The number of benzene rings is 1. The molecule has 14 heavy (non-hydrogen) atoms. The molecule has 1 aliphatic carbocycles. The largest absolute Gasteiger partial charge is 0.293 e. The second-order valence-corrected chi connectivity index (χ2v) is 3.56. The van der Waals surface area contributed by atoms with Gasteiger partial charge >= 0.3 is 0 Å². The van der Waals surface area contributed by atoms with E-state index in [9.17, 15) is 4.79 Å². The molecule has 0 bridgehead atoms. The maximum absolute atomic E-state index is 11.5. The predicted octanol–water partition coefficient (Wildman–Crippen LogP) is 2.67. The third-order valence-electron chi connectivity index (χ3n) is 2.23. The number of rotatable bonds is 2. The van der Waals surface area contributed by atoms with Crippen LogP contribution in [0.1, 0.15) is 29.6 Å². The van der Waals surface area contributed by atoms with Gasteiger partial charge in [0.05, 0.1) is 6.42 Å². The van der Waals surface area contributed by atoms with Gasteiger partial charge in [-0.1, -0.05) is 42.2 Å². The van der Waals surface area contributed by atoms with E-state index < -0.39 is 0 Å². The second-order valence-electron chi connectivity index (χ2n) is 3.56. The first-order valence-corrected chi connectivity index (χ1v) is 4.93. The second kappa shape index (κ2) is 4.11. The van der Waals surface area contributed by atoms with Crippen molar-refractivity contribution < 1.29 is 4.79 Å². The summed E-state index contributed by atoms with van der Waals surface area (Å²) in [5.74, 6) is 6.74. The zero-order valence-electron chi connectivity index (χ0n) is 7.99. The van der Waals surface area contributed by atoms with Gasteiger partial charge in [-0.05, 0) is 12.8 Å². The van der Waals surface area contributed by atoms with Crippen molar-refractivity contribution in [1.82, 2.24) is 0 Å². The highest BCUT2D eigenvalue weighted by molar-refractivity contribution is 5.97. The summed E-state index contributed by atoms with van der Waals surface area (Å²) in [5.41, 5.74) is 0.762. The number of Topliss-reactive ketones (excluding diaryl/α,β-unsaturated/α-hetero) is 1. The molecule has 0 spiro atoms. The molecule has 1 fully saturated rings. The Balaban J connectivity index is 1.93. The average Bonchev–Trinajstić information content (AvgIpc) is 3.03. The van der Waals surface area contributed by atoms with Crippen LogP contribution in [0.3, 0.4) is 0 Å². The van der Waals surface area contributed by atoms with Crippen molar-refractivity contribution >= 4 is 5.78 Å². The minimum atomic E-state index is 0.124. The quantitative estimate of drug-likeness (QED) is 0.510. The van der Waals surface area contributed by atoms with Gasteiger partial charge in [-0.25, -0.2) is 0 Å². The van der Waals surface area contributed by atoms with Crippen molar-refractivity contribution in [3.05, 3.63) is 35.9 Å². The lowest BCUT2D eigenvalue weighted by Crippen LogP contribution is -1.96. The molecule has 0 aliphatic heterocycles. The third-order valence-corrected chi connectivity index (χ3v) is 2.23. The first-order valence-electron chi connectivity index (χ1n) is 4.93. The zero-order valence-corrected chi connectivity index (χ0v) is 7.99. The van der Waals surface area contributed by atoms with Crippen LogP contribution in [0.5, 0.6) is 0 Å². The fourth-order valence-corrected chi connectivity index (χ4v) is 1.23. The maximum atomic E-state index is 11.5. The van der Waals surface area contributed by atoms with Gasteiger partial charge in [0.2, 0.25) is 0 Å². The minimum Gasteiger partial charge on any atom is -0.293 e. The lowest BCUT2D eigenvalue weighted by atomic mass is 10.1. The van der Waals surface area contributed by atoms with E-state index in [4.69, 9.17) is 0 Å². The molecule has 70 valence electrons. The first kappa shape index (κ1) is 9.02. The van der Waals surface area contributed by atoms with Gasteiger partial charge in [0.1, 0.15) is 0 Å². The van der Waals surface area contributed by atoms with E-state index in [2.05, 4.69) is 11.8 Å². The molecule has 0 N–H and O–H groups in total. The van der Waals surface area contributed by atoms with E-state index in [0.717, 1.165) is 5.56 Å². The van der Waals surface area contributed by atoms with E-state index in [1.54, 1.807) is 0 Å². The molecule has 0 atom stereocenters. The Morgan fingerprint density at radius 3 is 2.64 bits per heavy atom. The van der Waals surface area contributed by atoms with Crippen LogP contribution < -0.4 is 0 Å². The van der Waals surface area contributed by atoms with Crippen molar-refractivity contribution in [2.75, 3.05) is 0 Å². The van der Waals surface area contributed by atoms with Gasteiger partial charge in [-0.15, -0.1) is 0 Å². The fourth-order valence-electron chi connectivity index (χ4n) is 1.23. The molecule has 1 saturated carbocycles. The molecular formula is C13H12O.